The third kappa shape index (κ3) is 6.42. The van der Waals surface area contributed by atoms with Crippen molar-refractivity contribution in [3.63, 3.8) is 0 Å². The number of urea groups is 1. The summed E-state index contributed by atoms with van der Waals surface area (Å²) in [5, 5.41) is 13.6. The molecule has 0 fully saturated rings. The molecule has 21 heavy (non-hydrogen) atoms. The van der Waals surface area contributed by atoms with Gasteiger partial charge >= 0.3 is 12.0 Å². The van der Waals surface area contributed by atoms with E-state index in [9.17, 15) is 14.4 Å². The number of anilines is 1. The second-order valence-corrected chi connectivity index (χ2v) is 4.69. The Hall–Kier alpha value is -2.57. The van der Waals surface area contributed by atoms with E-state index in [4.69, 9.17) is 5.11 Å². The van der Waals surface area contributed by atoms with E-state index in [1.165, 1.54) is 4.90 Å². The SMILES string of the molecule is CN(C)C(=O)CNC(=O)Nc1ccc(CCC(=O)O)cc1. The van der Waals surface area contributed by atoms with Gasteiger partial charge in [0.15, 0.2) is 0 Å². The molecule has 0 aromatic heterocycles. The topological polar surface area (TPSA) is 98.7 Å². The first-order chi connectivity index (χ1) is 9.88. The van der Waals surface area contributed by atoms with Crippen LogP contribution in [0.4, 0.5) is 10.5 Å². The number of amides is 3. The van der Waals surface area contributed by atoms with Gasteiger partial charge in [-0.15, -0.1) is 0 Å². The predicted molar refractivity (Wildman–Crippen MR) is 78.1 cm³/mol. The molecule has 0 unspecified atom stereocenters. The molecular weight excluding hydrogens is 274 g/mol. The molecule has 0 bridgehead atoms. The molecule has 0 aliphatic carbocycles. The highest BCUT2D eigenvalue weighted by atomic mass is 16.4. The van der Waals surface area contributed by atoms with Gasteiger partial charge in [-0.1, -0.05) is 12.1 Å². The molecule has 0 aliphatic heterocycles. The lowest BCUT2D eigenvalue weighted by molar-refractivity contribution is -0.137. The van der Waals surface area contributed by atoms with E-state index in [2.05, 4.69) is 10.6 Å². The molecular formula is C14H19N3O4. The first-order valence-corrected chi connectivity index (χ1v) is 6.44. The number of carbonyl (C=O) groups is 3. The minimum atomic E-state index is -0.845. The van der Waals surface area contributed by atoms with Crippen molar-refractivity contribution in [2.45, 2.75) is 12.8 Å². The zero-order valence-electron chi connectivity index (χ0n) is 12.0. The molecule has 0 saturated heterocycles. The van der Waals surface area contributed by atoms with Crippen LogP contribution in [0.25, 0.3) is 0 Å². The quantitative estimate of drug-likeness (QED) is 0.726. The van der Waals surface area contributed by atoms with E-state index in [1.54, 1.807) is 38.4 Å². The highest BCUT2D eigenvalue weighted by molar-refractivity contribution is 5.92. The summed E-state index contributed by atoms with van der Waals surface area (Å²) in [5.74, 6) is -1.05. The van der Waals surface area contributed by atoms with E-state index < -0.39 is 12.0 Å². The van der Waals surface area contributed by atoms with Gasteiger partial charge < -0.3 is 20.6 Å². The average molecular weight is 293 g/mol. The summed E-state index contributed by atoms with van der Waals surface area (Å²) < 4.78 is 0. The number of hydrogen-bond acceptors (Lipinski definition) is 3. The van der Waals surface area contributed by atoms with Crippen molar-refractivity contribution in [2.75, 3.05) is 26.0 Å². The van der Waals surface area contributed by atoms with Crippen LogP contribution in [0.1, 0.15) is 12.0 Å². The first kappa shape index (κ1) is 16.5. The van der Waals surface area contributed by atoms with Crippen LogP contribution in [0.5, 0.6) is 0 Å². The predicted octanol–water partition coefficient (Wildman–Crippen LogP) is 0.913. The Kier molecular flexibility index (Phi) is 6.19. The second-order valence-electron chi connectivity index (χ2n) is 4.69. The molecule has 0 spiro atoms. The van der Waals surface area contributed by atoms with E-state index in [-0.39, 0.29) is 18.9 Å². The van der Waals surface area contributed by atoms with Crippen molar-refractivity contribution in [3.05, 3.63) is 29.8 Å². The Morgan fingerprint density at radius 3 is 2.29 bits per heavy atom. The summed E-state index contributed by atoms with van der Waals surface area (Å²) in [6.07, 6.45) is 0.513. The summed E-state index contributed by atoms with van der Waals surface area (Å²) in [7, 11) is 3.22. The number of carbonyl (C=O) groups excluding carboxylic acids is 2. The van der Waals surface area contributed by atoms with Gasteiger partial charge in [0.1, 0.15) is 0 Å². The smallest absolute Gasteiger partial charge is 0.319 e. The van der Waals surface area contributed by atoms with E-state index in [0.29, 0.717) is 12.1 Å². The van der Waals surface area contributed by atoms with Crippen molar-refractivity contribution in [2.24, 2.45) is 0 Å². The third-order valence-corrected chi connectivity index (χ3v) is 2.74. The Bertz CT molecular complexity index is 511. The summed E-state index contributed by atoms with van der Waals surface area (Å²) in [6, 6.07) is 6.41. The normalized spacial score (nSPS) is 9.81. The Morgan fingerprint density at radius 2 is 1.76 bits per heavy atom. The number of benzene rings is 1. The number of carboxylic acids is 1. The number of carboxylic acid groups (broad SMARTS) is 1. The summed E-state index contributed by atoms with van der Waals surface area (Å²) in [5.41, 5.74) is 1.45. The molecule has 1 aromatic rings. The van der Waals surface area contributed by atoms with Crippen molar-refractivity contribution in [3.8, 4) is 0 Å². The summed E-state index contributed by atoms with van der Waals surface area (Å²) >= 11 is 0. The van der Waals surface area contributed by atoms with Crippen LogP contribution in [0, 0.1) is 0 Å². The fourth-order valence-corrected chi connectivity index (χ4v) is 1.50. The zero-order chi connectivity index (χ0) is 15.8. The van der Waals surface area contributed by atoms with Crippen molar-refractivity contribution >= 4 is 23.6 Å². The largest absolute Gasteiger partial charge is 0.481 e. The van der Waals surface area contributed by atoms with Crippen LogP contribution in [0.2, 0.25) is 0 Å². The molecule has 1 aromatic carbocycles. The van der Waals surface area contributed by atoms with Crippen LogP contribution in [-0.2, 0) is 16.0 Å². The molecule has 0 saturated carbocycles. The van der Waals surface area contributed by atoms with E-state index in [0.717, 1.165) is 5.56 Å². The van der Waals surface area contributed by atoms with Gasteiger partial charge in [-0.3, -0.25) is 9.59 Å². The number of likely N-dealkylation sites (N-methyl/N-ethyl adjacent to an activating group) is 1. The highest BCUT2D eigenvalue weighted by Gasteiger charge is 2.07. The number of rotatable bonds is 6. The Balaban J connectivity index is 2.42. The monoisotopic (exact) mass is 293 g/mol. The molecule has 0 heterocycles. The zero-order valence-corrected chi connectivity index (χ0v) is 12.0. The number of aryl methyl sites for hydroxylation is 1. The molecule has 0 atom stereocenters. The molecule has 7 nitrogen and oxygen atoms in total. The van der Waals surface area contributed by atoms with Gasteiger partial charge in [0.25, 0.3) is 0 Å². The van der Waals surface area contributed by atoms with Gasteiger partial charge in [0, 0.05) is 26.2 Å². The number of nitrogens with zero attached hydrogens (tertiary/aromatic N) is 1. The Labute approximate surface area is 122 Å². The lowest BCUT2D eigenvalue weighted by Gasteiger charge is -2.11. The molecule has 1 rings (SSSR count). The molecule has 7 heteroatoms. The molecule has 3 N–H and O–H groups in total. The Morgan fingerprint density at radius 1 is 1.14 bits per heavy atom. The minimum absolute atomic E-state index is 0.0694. The summed E-state index contributed by atoms with van der Waals surface area (Å²) in [6.45, 7) is -0.0739. The van der Waals surface area contributed by atoms with Gasteiger partial charge in [-0.05, 0) is 24.1 Å². The van der Waals surface area contributed by atoms with Crippen LogP contribution in [0.15, 0.2) is 24.3 Å². The van der Waals surface area contributed by atoms with Gasteiger partial charge in [0.05, 0.1) is 6.54 Å². The molecule has 3 amide bonds. The average Bonchev–Trinajstić information content (AvgIpc) is 2.43. The maximum absolute atomic E-state index is 11.6. The maximum Gasteiger partial charge on any atom is 0.319 e. The summed E-state index contributed by atoms with van der Waals surface area (Å²) in [4.78, 5) is 34.7. The first-order valence-electron chi connectivity index (χ1n) is 6.44. The standard InChI is InChI=1S/C14H19N3O4/c1-17(2)12(18)9-15-14(21)16-11-6-3-10(4-7-11)5-8-13(19)20/h3-4,6-7H,5,8-9H2,1-2H3,(H,19,20)(H2,15,16,21). The lowest BCUT2D eigenvalue weighted by atomic mass is 10.1. The van der Waals surface area contributed by atoms with Gasteiger partial charge in [0.2, 0.25) is 5.91 Å². The molecule has 0 radical (unpaired) electrons. The van der Waals surface area contributed by atoms with E-state index >= 15 is 0 Å². The molecule has 114 valence electrons. The number of nitrogens with one attached hydrogen (secondary N) is 2. The fraction of sp³-hybridized carbons (Fsp3) is 0.357. The maximum atomic E-state index is 11.6. The molecule has 0 aliphatic rings. The van der Waals surface area contributed by atoms with E-state index in [1.807, 2.05) is 0 Å². The second kappa shape index (κ2) is 7.88. The van der Waals surface area contributed by atoms with Crippen LogP contribution >= 0.6 is 0 Å². The number of hydrogen-bond donors (Lipinski definition) is 3. The van der Waals surface area contributed by atoms with Crippen molar-refractivity contribution < 1.29 is 19.5 Å². The van der Waals surface area contributed by atoms with Crippen molar-refractivity contribution in [1.82, 2.24) is 10.2 Å². The number of aliphatic carboxylic acids is 1. The lowest BCUT2D eigenvalue weighted by Crippen LogP contribution is -2.38. The van der Waals surface area contributed by atoms with Crippen LogP contribution in [-0.4, -0.2) is 48.6 Å². The van der Waals surface area contributed by atoms with Crippen LogP contribution < -0.4 is 10.6 Å². The highest BCUT2D eigenvalue weighted by Crippen LogP contribution is 2.10. The van der Waals surface area contributed by atoms with Gasteiger partial charge in [-0.25, -0.2) is 4.79 Å². The third-order valence-electron chi connectivity index (χ3n) is 2.74. The van der Waals surface area contributed by atoms with Crippen molar-refractivity contribution in [1.29, 1.82) is 0 Å². The van der Waals surface area contributed by atoms with Crippen LogP contribution in [0.3, 0.4) is 0 Å². The minimum Gasteiger partial charge on any atom is -0.481 e. The fourth-order valence-electron chi connectivity index (χ4n) is 1.50. The van der Waals surface area contributed by atoms with Gasteiger partial charge in [-0.2, -0.15) is 0 Å².